The summed E-state index contributed by atoms with van der Waals surface area (Å²) >= 11 is 0. The highest BCUT2D eigenvalue weighted by Gasteiger charge is 2.22. The molecule has 0 spiro atoms. The zero-order valence-electron chi connectivity index (χ0n) is 12.6. The second kappa shape index (κ2) is 6.90. The van der Waals surface area contributed by atoms with Crippen LogP contribution in [-0.4, -0.2) is 25.7 Å². The van der Waals surface area contributed by atoms with E-state index in [4.69, 9.17) is 10.5 Å². The summed E-state index contributed by atoms with van der Waals surface area (Å²) in [5, 5.41) is 5.29. The number of nitrogens with two attached hydrogens (primary N) is 1. The predicted molar refractivity (Wildman–Crippen MR) is 87.4 cm³/mol. The first-order valence-corrected chi connectivity index (χ1v) is 7.82. The molecule has 0 bridgehead atoms. The molecule has 4 nitrogen and oxygen atoms in total. The summed E-state index contributed by atoms with van der Waals surface area (Å²) < 4.78 is 5.42. The molecule has 1 aliphatic carbocycles. The van der Waals surface area contributed by atoms with Crippen molar-refractivity contribution in [1.29, 1.82) is 0 Å². The van der Waals surface area contributed by atoms with Gasteiger partial charge in [-0.1, -0.05) is 36.4 Å². The van der Waals surface area contributed by atoms with E-state index in [1.54, 1.807) is 0 Å². The van der Waals surface area contributed by atoms with Crippen LogP contribution in [0.1, 0.15) is 24.4 Å². The topological polar surface area (TPSA) is 64.3 Å². The van der Waals surface area contributed by atoms with Gasteiger partial charge in [0, 0.05) is 6.54 Å². The van der Waals surface area contributed by atoms with Crippen molar-refractivity contribution in [3.05, 3.63) is 48.0 Å². The van der Waals surface area contributed by atoms with Crippen molar-refractivity contribution in [1.82, 2.24) is 5.32 Å². The molecule has 22 heavy (non-hydrogen) atoms. The molecule has 0 radical (unpaired) electrons. The van der Waals surface area contributed by atoms with Crippen molar-refractivity contribution in [3.8, 4) is 0 Å². The Bertz CT molecular complexity index is 652. The zero-order chi connectivity index (χ0) is 15.4. The SMILES string of the molecule is NCC(NC(=O)COCC1CC1)c1ccc2ccccc2c1. The number of carbonyl (C=O) groups excluding carboxylic acids is 1. The van der Waals surface area contributed by atoms with Gasteiger partial charge in [0.2, 0.25) is 5.91 Å². The van der Waals surface area contributed by atoms with Crippen LogP contribution in [0.5, 0.6) is 0 Å². The molecule has 3 rings (SSSR count). The molecule has 116 valence electrons. The molecule has 1 amide bonds. The minimum atomic E-state index is -0.179. The summed E-state index contributed by atoms with van der Waals surface area (Å²) in [6, 6.07) is 14.1. The second-order valence-electron chi connectivity index (χ2n) is 5.92. The highest BCUT2D eigenvalue weighted by atomic mass is 16.5. The smallest absolute Gasteiger partial charge is 0.246 e. The van der Waals surface area contributed by atoms with Crippen molar-refractivity contribution >= 4 is 16.7 Å². The van der Waals surface area contributed by atoms with Crippen LogP contribution in [0.2, 0.25) is 0 Å². The third kappa shape index (κ3) is 3.84. The van der Waals surface area contributed by atoms with Gasteiger partial charge in [-0.2, -0.15) is 0 Å². The first-order chi connectivity index (χ1) is 10.8. The molecule has 1 aliphatic rings. The van der Waals surface area contributed by atoms with Crippen molar-refractivity contribution < 1.29 is 9.53 Å². The average Bonchev–Trinajstić information content (AvgIpc) is 3.36. The molecule has 2 aromatic rings. The Hall–Kier alpha value is -1.91. The molecule has 1 unspecified atom stereocenters. The van der Waals surface area contributed by atoms with Crippen molar-refractivity contribution in [2.75, 3.05) is 19.8 Å². The summed E-state index contributed by atoms with van der Waals surface area (Å²) in [7, 11) is 0. The normalized spacial score (nSPS) is 15.7. The lowest BCUT2D eigenvalue weighted by Crippen LogP contribution is -2.35. The van der Waals surface area contributed by atoms with E-state index in [-0.39, 0.29) is 18.6 Å². The summed E-state index contributed by atoms with van der Waals surface area (Å²) in [6.45, 7) is 1.17. The van der Waals surface area contributed by atoms with Crippen LogP contribution in [0.3, 0.4) is 0 Å². The van der Waals surface area contributed by atoms with Crippen LogP contribution in [0.4, 0.5) is 0 Å². The Morgan fingerprint density at radius 1 is 1.23 bits per heavy atom. The van der Waals surface area contributed by atoms with Crippen LogP contribution < -0.4 is 11.1 Å². The molecule has 3 N–H and O–H groups in total. The average molecular weight is 298 g/mol. The fraction of sp³-hybridized carbons (Fsp3) is 0.389. The van der Waals surface area contributed by atoms with E-state index in [0.717, 1.165) is 10.9 Å². The minimum Gasteiger partial charge on any atom is -0.371 e. The maximum Gasteiger partial charge on any atom is 0.246 e. The highest BCUT2D eigenvalue weighted by Crippen LogP contribution is 2.28. The van der Waals surface area contributed by atoms with Gasteiger partial charge in [0.05, 0.1) is 12.6 Å². The Balaban J connectivity index is 1.62. The number of amides is 1. The van der Waals surface area contributed by atoms with Crippen LogP contribution in [0.15, 0.2) is 42.5 Å². The monoisotopic (exact) mass is 298 g/mol. The van der Waals surface area contributed by atoms with Crippen molar-refractivity contribution in [2.45, 2.75) is 18.9 Å². The predicted octanol–water partition coefficient (Wildman–Crippen LogP) is 2.38. The van der Waals surface area contributed by atoms with E-state index in [1.807, 2.05) is 18.2 Å². The second-order valence-corrected chi connectivity index (χ2v) is 5.92. The molecule has 1 atom stereocenters. The number of fused-ring (bicyclic) bond motifs is 1. The zero-order valence-corrected chi connectivity index (χ0v) is 12.6. The number of hydrogen-bond donors (Lipinski definition) is 2. The van der Waals surface area contributed by atoms with Gasteiger partial charge >= 0.3 is 0 Å². The Labute approximate surface area is 130 Å². The largest absolute Gasteiger partial charge is 0.371 e. The molecule has 1 fully saturated rings. The molecule has 0 heterocycles. The summed E-state index contributed by atoms with van der Waals surface area (Å²) in [4.78, 5) is 12.0. The Kier molecular flexibility index (Phi) is 4.71. The number of rotatable bonds is 7. The van der Waals surface area contributed by atoms with E-state index in [2.05, 4.69) is 29.6 Å². The standard InChI is InChI=1S/C18H22N2O2/c19-10-17(20-18(21)12-22-11-13-5-6-13)16-8-7-14-3-1-2-4-15(14)9-16/h1-4,7-9,13,17H,5-6,10-12,19H2,(H,20,21). The van der Waals surface area contributed by atoms with Crippen molar-refractivity contribution in [3.63, 3.8) is 0 Å². The van der Waals surface area contributed by atoms with Gasteiger partial charge in [0.15, 0.2) is 0 Å². The summed E-state index contributed by atoms with van der Waals surface area (Å²) in [5.74, 6) is 0.558. The number of ether oxygens (including phenoxy) is 1. The molecular formula is C18H22N2O2. The lowest BCUT2D eigenvalue weighted by molar-refractivity contribution is -0.126. The van der Waals surface area contributed by atoms with E-state index >= 15 is 0 Å². The Morgan fingerprint density at radius 3 is 2.73 bits per heavy atom. The Morgan fingerprint density at radius 2 is 2.00 bits per heavy atom. The summed E-state index contributed by atoms with van der Waals surface area (Å²) in [5.41, 5.74) is 6.85. The molecule has 0 saturated heterocycles. The van der Waals surface area contributed by atoms with Gasteiger partial charge in [-0.05, 0) is 41.2 Å². The van der Waals surface area contributed by atoms with Gasteiger partial charge in [-0.25, -0.2) is 0 Å². The third-order valence-electron chi connectivity index (χ3n) is 4.03. The number of hydrogen-bond acceptors (Lipinski definition) is 3. The van der Waals surface area contributed by atoms with Crippen LogP contribution >= 0.6 is 0 Å². The molecule has 2 aromatic carbocycles. The van der Waals surface area contributed by atoms with Crippen molar-refractivity contribution in [2.24, 2.45) is 11.7 Å². The van der Waals surface area contributed by atoms with Crippen LogP contribution in [0, 0.1) is 5.92 Å². The number of carbonyl (C=O) groups is 1. The number of benzene rings is 2. The van der Waals surface area contributed by atoms with Gasteiger partial charge < -0.3 is 15.8 Å². The van der Waals surface area contributed by atoms with E-state index in [9.17, 15) is 4.79 Å². The maximum atomic E-state index is 12.0. The quantitative estimate of drug-likeness (QED) is 0.825. The van der Waals surface area contributed by atoms with E-state index < -0.39 is 0 Å². The molecule has 1 saturated carbocycles. The third-order valence-corrected chi connectivity index (χ3v) is 4.03. The van der Waals surface area contributed by atoms with E-state index in [0.29, 0.717) is 19.1 Å². The van der Waals surface area contributed by atoms with Crippen LogP contribution in [-0.2, 0) is 9.53 Å². The lowest BCUT2D eigenvalue weighted by atomic mass is 10.0. The molecule has 4 heteroatoms. The molecule has 0 aromatic heterocycles. The van der Waals surface area contributed by atoms with E-state index in [1.165, 1.54) is 18.2 Å². The van der Waals surface area contributed by atoms with Gasteiger partial charge in [0.25, 0.3) is 0 Å². The first-order valence-electron chi connectivity index (χ1n) is 7.82. The highest BCUT2D eigenvalue weighted by molar-refractivity contribution is 5.83. The van der Waals surface area contributed by atoms with Gasteiger partial charge in [-0.3, -0.25) is 4.79 Å². The molecule has 0 aliphatic heterocycles. The maximum absolute atomic E-state index is 12.0. The first kappa shape index (κ1) is 15.0. The minimum absolute atomic E-state index is 0.107. The van der Waals surface area contributed by atoms with Gasteiger partial charge in [-0.15, -0.1) is 0 Å². The lowest BCUT2D eigenvalue weighted by Gasteiger charge is -2.18. The molecular weight excluding hydrogens is 276 g/mol. The number of nitrogens with one attached hydrogen (secondary N) is 1. The van der Waals surface area contributed by atoms with Crippen LogP contribution in [0.25, 0.3) is 10.8 Å². The van der Waals surface area contributed by atoms with Gasteiger partial charge in [0.1, 0.15) is 6.61 Å². The fourth-order valence-electron chi connectivity index (χ4n) is 2.54. The summed E-state index contributed by atoms with van der Waals surface area (Å²) in [6.07, 6.45) is 2.45. The fourth-order valence-corrected chi connectivity index (χ4v) is 2.54.